The maximum Gasteiger partial charge on any atom is 0.0781 e. The minimum absolute atomic E-state index is 0.384. The Kier molecular flexibility index (Phi) is 3.82. The Morgan fingerprint density at radius 1 is 1.33 bits per heavy atom. The molecule has 1 saturated carbocycles. The van der Waals surface area contributed by atoms with Gasteiger partial charge >= 0.3 is 0 Å². The third-order valence-electron chi connectivity index (χ3n) is 3.72. The second-order valence-corrected chi connectivity index (χ2v) is 5.98. The second-order valence-electron chi connectivity index (χ2n) is 5.98. The number of aliphatic hydroxyl groups excluding tert-OH is 1. The lowest BCUT2D eigenvalue weighted by Crippen LogP contribution is -2.28. The van der Waals surface area contributed by atoms with Crippen molar-refractivity contribution in [2.45, 2.75) is 46.5 Å². The van der Waals surface area contributed by atoms with Gasteiger partial charge in [0.05, 0.1) is 6.26 Å². The van der Waals surface area contributed by atoms with Crippen molar-refractivity contribution in [2.24, 2.45) is 10.8 Å². The minimum atomic E-state index is 0.384. The van der Waals surface area contributed by atoms with E-state index in [2.05, 4.69) is 19.2 Å². The van der Waals surface area contributed by atoms with E-state index >= 15 is 0 Å². The van der Waals surface area contributed by atoms with E-state index in [-0.39, 0.29) is 0 Å². The molecule has 1 rings (SSSR count). The summed E-state index contributed by atoms with van der Waals surface area (Å²) in [6.07, 6.45) is 6.12. The van der Waals surface area contributed by atoms with Crippen LogP contribution in [0.5, 0.6) is 0 Å². The highest BCUT2D eigenvalue weighted by atomic mass is 16.2. The zero-order valence-corrected chi connectivity index (χ0v) is 10.6. The highest BCUT2D eigenvalue weighted by Gasteiger charge is 2.41. The Balaban J connectivity index is 2.60. The van der Waals surface area contributed by atoms with Gasteiger partial charge in [-0.2, -0.15) is 0 Å². The first kappa shape index (κ1) is 12.6. The summed E-state index contributed by atoms with van der Waals surface area (Å²) in [5, 5.41) is 12.3. The van der Waals surface area contributed by atoms with Gasteiger partial charge in [0.15, 0.2) is 0 Å². The summed E-state index contributed by atoms with van der Waals surface area (Å²) < 4.78 is 0. The molecule has 1 aliphatic carbocycles. The number of hydrogen-bond donors (Lipinski definition) is 2. The molecular formula is C13H25NO. The smallest absolute Gasteiger partial charge is 0.0781 e. The quantitative estimate of drug-likeness (QED) is 0.700. The Labute approximate surface area is 93.8 Å². The molecule has 0 aromatic heterocycles. The lowest BCUT2D eigenvalue weighted by atomic mass is 9.78. The molecule has 2 unspecified atom stereocenters. The van der Waals surface area contributed by atoms with Crippen molar-refractivity contribution < 1.29 is 5.11 Å². The van der Waals surface area contributed by atoms with Crippen molar-refractivity contribution in [3.8, 4) is 0 Å². The van der Waals surface area contributed by atoms with Crippen molar-refractivity contribution >= 4 is 0 Å². The number of hydrogen-bond acceptors (Lipinski definition) is 2. The van der Waals surface area contributed by atoms with Gasteiger partial charge in [0.1, 0.15) is 0 Å². The fourth-order valence-electron chi connectivity index (χ4n) is 3.26. The van der Waals surface area contributed by atoms with Crippen LogP contribution < -0.4 is 5.32 Å². The predicted octanol–water partition coefficient (Wildman–Crippen LogP) is 3.25. The normalized spacial score (nSPS) is 37.2. The van der Waals surface area contributed by atoms with Crippen LogP contribution in [0.25, 0.3) is 0 Å². The van der Waals surface area contributed by atoms with E-state index in [1.807, 2.05) is 14.0 Å². The average Bonchev–Trinajstić information content (AvgIpc) is 2.43. The SMILES string of the molecule is CNCC1(C)CCC(C)(C/C(C)=C\O)C1. The molecule has 0 saturated heterocycles. The number of rotatable bonds is 4. The molecule has 0 bridgehead atoms. The van der Waals surface area contributed by atoms with Gasteiger partial charge < -0.3 is 10.4 Å². The van der Waals surface area contributed by atoms with Gasteiger partial charge in [-0.3, -0.25) is 0 Å². The summed E-state index contributed by atoms with van der Waals surface area (Å²) in [4.78, 5) is 0. The maximum absolute atomic E-state index is 8.97. The van der Waals surface area contributed by atoms with Crippen LogP contribution in [-0.4, -0.2) is 18.7 Å². The van der Waals surface area contributed by atoms with Gasteiger partial charge in [-0.15, -0.1) is 0 Å². The summed E-state index contributed by atoms with van der Waals surface area (Å²) >= 11 is 0. The Morgan fingerprint density at radius 2 is 1.93 bits per heavy atom. The molecule has 2 atom stereocenters. The molecule has 0 aromatic rings. The van der Waals surface area contributed by atoms with E-state index in [4.69, 9.17) is 5.11 Å². The van der Waals surface area contributed by atoms with Crippen LogP contribution in [0.1, 0.15) is 46.5 Å². The first-order valence-corrected chi connectivity index (χ1v) is 5.88. The molecular weight excluding hydrogens is 186 g/mol. The molecule has 1 aliphatic rings. The fraction of sp³-hybridized carbons (Fsp3) is 0.846. The van der Waals surface area contributed by atoms with Gasteiger partial charge in [-0.25, -0.2) is 0 Å². The van der Waals surface area contributed by atoms with Crippen LogP contribution in [0.4, 0.5) is 0 Å². The topological polar surface area (TPSA) is 32.3 Å². The molecule has 2 N–H and O–H groups in total. The Morgan fingerprint density at radius 3 is 2.47 bits per heavy atom. The molecule has 2 heteroatoms. The fourth-order valence-corrected chi connectivity index (χ4v) is 3.26. The second kappa shape index (κ2) is 4.56. The van der Waals surface area contributed by atoms with Crippen LogP contribution >= 0.6 is 0 Å². The zero-order chi connectivity index (χ0) is 11.5. The van der Waals surface area contributed by atoms with Gasteiger partial charge in [-0.05, 0) is 56.1 Å². The standard InChI is InChI=1S/C13H25NO/c1-11(8-15)7-12(2)5-6-13(3,9-12)10-14-4/h8,14-15H,5-7,9-10H2,1-4H3/b11-8-. The maximum atomic E-state index is 8.97. The lowest BCUT2D eigenvalue weighted by Gasteiger charge is -2.29. The number of nitrogens with one attached hydrogen (secondary N) is 1. The lowest BCUT2D eigenvalue weighted by molar-refractivity contribution is 0.253. The summed E-state index contributed by atoms with van der Waals surface area (Å²) in [7, 11) is 2.03. The van der Waals surface area contributed by atoms with Crippen LogP contribution in [0.3, 0.4) is 0 Å². The summed E-state index contributed by atoms with van der Waals surface area (Å²) in [5.74, 6) is 0. The first-order valence-electron chi connectivity index (χ1n) is 5.88. The zero-order valence-electron chi connectivity index (χ0n) is 10.6. The highest BCUT2D eigenvalue weighted by molar-refractivity contribution is 5.03. The number of allylic oxidation sites excluding steroid dienone is 1. The van der Waals surface area contributed by atoms with E-state index in [9.17, 15) is 0 Å². The van der Waals surface area contributed by atoms with Crippen molar-refractivity contribution in [1.82, 2.24) is 5.32 Å². The molecule has 0 aromatic carbocycles. The minimum Gasteiger partial charge on any atom is -0.516 e. The first-order chi connectivity index (χ1) is 6.93. The van der Waals surface area contributed by atoms with E-state index in [1.54, 1.807) is 0 Å². The van der Waals surface area contributed by atoms with Crippen molar-refractivity contribution in [3.05, 3.63) is 11.8 Å². The van der Waals surface area contributed by atoms with E-state index in [0.29, 0.717) is 10.8 Å². The van der Waals surface area contributed by atoms with Gasteiger partial charge in [0.2, 0.25) is 0 Å². The molecule has 0 radical (unpaired) electrons. The van der Waals surface area contributed by atoms with Gasteiger partial charge in [-0.1, -0.05) is 13.8 Å². The van der Waals surface area contributed by atoms with Crippen molar-refractivity contribution in [2.75, 3.05) is 13.6 Å². The van der Waals surface area contributed by atoms with E-state index in [0.717, 1.165) is 18.5 Å². The molecule has 0 heterocycles. The largest absolute Gasteiger partial charge is 0.516 e. The summed E-state index contributed by atoms with van der Waals surface area (Å²) in [6.45, 7) is 7.83. The molecule has 1 fully saturated rings. The van der Waals surface area contributed by atoms with E-state index in [1.165, 1.54) is 25.5 Å². The third kappa shape index (κ3) is 3.23. The van der Waals surface area contributed by atoms with Crippen LogP contribution in [0.15, 0.2) is 11.8 Å². The van der Waals surface area contributed by atoms with Gasteiger partial charge in [0, 0.05) is 6.54 Å². The van der Waals surface area contributed by atoms with Crippen molar-refractivity contribution in [3.63, 3.8) is 0 Å². The summed E-state index contributed by atoms with van der Waals surface area (Å²) in [5.41, 5.74) is 1.93. The number of aliphatic hydroxyl groups is 1. The highest BCUT2D eigenvalue weighted by Crippen LogP contribution is 2.51. The molecule has 88 valence electrons. The van der Waals surface area contributed by atoms with Crippen LogP contribution in [-0.2, 0) is 0 Å². The van der Waals surface area contributed by atoms with Crippen LogP contribution in [0.2, 0.25) is 0 Å². The van der Waals surface area contributed by atoms with E-state index < -0.39 is 0 Å². The monoisotopic (exact) mass is 211 g/mol. The van der Waals surface area contributed by atoms with Crippen molar-refractivity contribution in [1.29, 1.82) is 0 Å². The molecule has 0 amide bonds. The molecule has 0 spiro atoms. The third-order valence-corrected chi connectivity index (χ3v) is 3.72. The molecule has 15 heavy (non-hydrogen) atoms. The molecule has 0 aliphatic heterocycles. The van der Waals surface area contributed by atoms with Gasteiger partial charge in [0.25, 0.3) is 0 Å². The van der Waals surface area contributed by atoms with Crippen LogP contribution in [0, 0.1) is 10.8 Å². The summed E-state index contributed by atoms with van der Waals surface area (Å²) in [6, 6.07) is 0. The Hall–Kier alpha value is -0.500. The predicted molar refractivity (Wildman–Crippen MR) is 65.0 cm³/mol. The Bertz CT molecular complexity index is 249. The average molecular weight is 211 g/mol. The molecule has 2 nitrogen and oxygen atoms in total.